The molecule has 3 N–H and O–H groups in total. The molecule has 2 atom stereocenters. The van der Waals surface area contributed by atoms with Crippen LogP contribution in [0.1, 0.15) is 41.8 Å². The third-order valence-corrected chi connectivity index (χ3v) is 3.13. The number of nitrogens with zero attached hydrogens (tertiary/aromatic N) is 2. The first-order valence-corrected chi connectivity index (χ1v) is 6.73. The molecule has 2 heterocycles. The fourth-order valence-electron chi connectivity index (χ4n) is 2.07. The first-order valence-electron chi connectivity index (χ1n) is 6.73. The Balaban J connectivity index is 1.77. The lowest BCUT2D eigenvalue weighted by atomic mass is 10.2. The summed E-state index contributed by atoms with van der Waals surface area (Å²) in [6, 6.07) is 0.0487. The zero-order valence-corrected chi connectivity index (χ0v) is 11.5. The van der Waals surface area contributed by atoms with Crippen LogP contribution in [-0.2, 0) is 4.74 Å². The number of methoxy groups -OCH3 is 1. The van der Waals surface area contributed by atoms with Gasteiger partial charge in [0.05, 0.1) is 18.8 Å². The number of ether oxygens (including phenoxy) is 1. The van der Waals surface area contributed by atoms with Crippen molar-refractivity contribution in [2.24, 2.45) is 0 Å². The molecule has 112 valence electrons. The summed E-state index contributed by atoms with van der Waals surface area (Å²) in [6.07, 6.45) is 1.82. The molecular formula is C12H20N4O4. The van der Waals surface area contributed by atoms with Gasteiger partial charge in [-0.05, 0) is 25.8 Å². The van der Waals surface area contributed by atoms with Crippen molar-refractivity contribution in [1.29, 1.82) is 0 Å². The van der Waals surface area contributed by atoms with Crippen molar-refractivity contribution < 1.29 is 19.2 Å². The topological polar surface area (TPSA) is 110 Å². The van der Waals surface area contributed by atoms with Gasteiger partial charge in [0.15, 0.2) is 0 Å². The summed E-state index contributed by atoms with van der Waals surface area (Å²) in [6.45, 7) is 1.50. The van der Waals surface area contributed by atoms with Crippen molar-refractivity contribution in [1.82, 2.24) is 20.8 Å². The van der Waals surface area contributed by atoms with E-state index in [1.807, 2.05) is 0 Å². The predicted octanol–water partition coefficient (Wildman–Crippen LogP) is -0.379. The van der Waals surface area contributed by atoms with E-state index in [0.717, 1.165) is 19.4 Å². The Hall–Kier alpha value is -1.51. The van der Waals surface area contributed by atoms with Crippen molar-refractivity contribution in [3.63, 3.8) is 0 Å². The number of aliphatic hydroxyl groups is 1. The highest BCUT2D eigenvalue weighted by atomic mass is 16.5. The van der Waals surface area contributed by atoms with E-state index in [1.54, 1.807) is 0 Å². The molecule has 0 radical (unpaired) electrons. The van der Waals surface area contributed by atoms with Gasteiger partial charge < -0.3 is 25.0 Å². The van der Waals surface area contributed by atoms with Gasteiger partial charge in [-0.3, -0.25) is 4.79 Å². The molecule has 1 aromatic heterocycles. The van der Waals surface area contributed by atoms with Crippen LogP contribution < -0.4 is 10.6 Å². The molecule has 0 bridgehead atoms. The van der Waals surface area contributed by atoms with Gasteiger partial charge in [0.2, 0.25) is 5.89 Å². The average molecular weight is 284 g/mol. The van der Waals surface area contributed by atoms with Gasteiger partial charge in [-0.25, -0.2) is 0 Å². The van der Waals surface area contributed by atoms with E-state index in [9.17, 15) is 9.90 Å². The van der Waals surface area contributed by atoms with Crippen LogP contribution in [0.15, 0.2) is 4.52 Å². The summed E-state index contributed by atoms with van der Waals surface area (Å²) in [7, 11) is 1.51. The lowest BCUT2D eigenvalue weighted by molar-refractivity contribution is 0.0587. The number of rotatable bonds is 7. The number of hydrogen-bond donors (Lipinski definition) is 3. The molecule has 8 nitrogen and oxygen atoms in total. The predicted molar refractivity (Wildman–Crippen MR) is 69.1 cm³/mol. The Morgan fingerprint density at radius 2 is 2.55 bits per heavy atom. The SMILES string of the molecule is COCC(O)CCNC(=O)c1noc(C2CCCN2)n1. The Morgan fingerprint density at radius 1 is 1.70 bits per heavy atom. The maximum atomic E-state index is 11.8. The van der Waals surface area contributed by atoms with Crippen LogP contribution in [0.3, 0.4) is 0 Å². The van der Waals surface area contributed by atoms with Crippen molar-refractivity contribution in [3.8, 4) is 0 Å². The molecule has 1 saturated heterocycles. The normalized spacial score (nSPS) is 20.0. The second kappa shape index (κ2) is 7.32. The maximum Gasteiger partial charge on any atom is 0.292 e. The van der Waals surface area contributed by atoms with E-state index in [0.29, 0.717) is 18.9 Å². The van der Waals surface area contributed by atoms with Gasteiger partial charge in [0, 0.05) is 13.7 Å². The zero-order valence-electron chi connectivity index (χ0n) is 11.5. The van der Waals surface area contributed by atoms with Gasteiger partial charge >= 0.3 is 0 Å². The third kappa shape index (κ3) is 3.99. The van der Waals surface area contributed by atoms with E-state index in [-0.39, 0.29) is 18.5 Å². The number of carbonyl (C=O) groups excluding carboxylic acids is 1. The second-order valence-electron chi connectivity index (χ2n) is 4.76. The lowest BCUT2D eigenvalue weighted by Crippen LogP contribution is -2.29. The van der Waals surface area contributed by atoms with Crippen LogP contribution in [0.5, 0.6) is 0 Å². The van der Waals surface area contributed by atoms with E-state index in [4.69, 9.17) is 9.26 Å². The Kier molecular flexibility index (Phi) is 5.45. The molecule has 20 heavy (non-hydrogen) atoms. The smallest absolute Gasteiger partial charge is 0.292 e. The minimum absolute atomic E-state index is 0.0231. The van der Waals surface area contributed by atoms with Gasteiger partial charge in [-0.2, -0.15) is 4.98 Å². The van der Waals surface area contributed by atoms with Crippen molar-refractivity contribution in [2.75, 3.05) is 26.8 Å². The molecule has 1 aliphatic heterocycles. The van der Waals surface area contributed by atoms with Crippen LogP contribution in [-0.4, -0.2) is 54.1 Å². The molecule has 1 aliphatic rings. The van der Waals surface area contributed by atoms with Gasteiger partial charge in [0.25, 0.3) is 11.7 Å². The molecule has 1 fully saturated rings. The number of hydrogen-bond acceptors (Lipinski definition) is 7. The number of aromatic nitrogens is 2. The molecule has 0 aliphatic carbocycles. The fourth-order valence-corrected chi connectivity index (χ4v) is 2.07. The number of carbonyl (C=O) groups is 1. The van der Waals surface area contributed by atoms with E-state index < -0.39 is 12.0 Å². The molecule has 1 amide bonds. The summed E-state index contributed by atoms with van der Waals surface area (Å²) in [4.78, 5) is 15.9. The summed E-state index contributed by atoms with van der Waals surface area (Å²) < 4.78 is 9.88. The third-order valence-electron chi connectivity index (χ3n) is 3.13. The highest BCUT2D eigenvalue weighted by Crippen LogP contribution is 2.20. The average Bonchev–Trinajstić information content (AvgIpc) is 3.10. The molecule has 0 saturated carbocycles. The standard InChI is InChI=1S/C12H20N4O4/c1-19-7-8(17)4-6-14-11(18)10-15-12(20-16-10)9-3-2-5-13-9/h8-9,13,17H,2-7H2,1H3,(H,14,18). The van der Waals surface area contributed by atoms with Crippen LogP contribution in [0.2, 0.25) is 0 Å². The van der Waals surface area contributed by atoms with Crippen LogP contribution in [0.4, 0.5) is 0 Å². The largest absolute Gasteiger partial charge is 0.391 e. The van der Waals surface area contributed by atoms with Crippen molar-refractivity contribution in [2.45, 2.75) is 31.4 Å². The second-order valence-corrected chi connectivity index (χ2v) is 4.76. The first kappa shape index (κ1) is 14.9. The van der Waals surface area contributed by atoms with Crippen molar-refractivity contribution >= 4 is 5.91 Å². The van der Waals surface area contributed by atoms with Gasteiger partial charge in [0.1, 0.15) is 0 Å². The lowest BCUT2D eigenvalue weighted by Gasteiger charge is -2.08. The van der Waals surface area contributed by atoms with E-state index >= 15 is 0 Å². The van der Waals surface area contributed by atoms with Crippen LogP contribution in [0, 0.1) is 0 Å². The number of nitrogens with one attached hydrogen (secondary N) is 2. The minimum atomic E-state index is -0.594. The van der Waals surface area contributed by atoms with Crippen LogP contribution in [0.25, 0.3) is 0 Å². The summed E-state index contributed by atoms with van der Waals surface area (Å²) in [5.74, 6) is 0.0737. The number of amides is 1. The van der Waals surface area contributed by atoms with Crippen molar-refractivity contribution in [3.05, 3.63) is 11.7 Å². The fraction of sp³-hybridized carbons (Fsp3) is 0.750. The van der Waals surface area contributed by atoms with Crippen LogP contribution >= 0.6 is 0 Å². The van der Waals surface area contributed by atoms with Gasteiger partial charge in [-0.1, -0.05) is 5.16 Å². The van der Waals surface area contributed by atoms with E-state index in [1.165, 1.54) is 7.11 Å². The number of aliphatic hydroxyl groups excluding tert-OH is 1. The summed E-state index contributed by atoms with van der Waals surface area (Å²) in [5, 5.41) is 19.0. The quantitative estimate of drug-likeness (QED) is 0.626. The molecule has 8 heteroatoms. The zero-order chi connectivity index (χ0) is 14.4. The highest BCUT2D eigenvalue weighted by molar-refractivity contribution is 5.90. The van der Waals surface area contributed by atoms with E-state index in [2.05, 4.69) is 20.8 Å². The first-order chi connectivity index (χ1) is 9.70. The maximum absolute atomic E-state index is 11.8. The molecule has 0 aromatic carbocycles. The monoisotopic (exact) mass is 284 g/mol. The molecule has 2 unspecified atom stereocenters. The molecule has 1 aromatic rings. The molecular weight excluding hydrogens is 264 g/mol. The highest BCUT2D eigenvalue weighted by Gasteiger charge is 2.24. The minimum Gasteiger partial charge on any atom is -0.391 e. The molecule has 2 rings (SSSR count). The Bertz CT molecular complexity index is 431. The Morgan fingerprint density at radius 3 is 3.25 bits per heavy atom. The Labute approximate surface area is 116 Å². The van der Waals surface area contributed by atoms with Gasteiger partial charge in [-0.15, -0.1) is 0 Å². The molecule has 0 spiro atoms. The summed E-state index contributed by atoms with van der Waals surface area (Å²) in [5.41, 5.74) is 0. The summed E-state index contributed by atoms with van der Waals surface area (Å²) >= 11 is 0.